The molecule has 6 heteroatoms. The molecule has 1 aromatic heterocycles. The van der Waals surface area contributed by atoms with E-state index in [1.807, 2.05) is 40.6 Å². The first kappa shape index (κ1) is 25.8. The third-order valence-corrected chi connectivity index (χ3v) is 7.30. The molecule has 0 spiro atoms. The number of nitrogens with zero attached hydrogens (tertiary/aromatic N) is 2. The Balaban J connectivity index is 0.00000304. The second-order valence-electron chi connectivity index (χ2n) is 8.64. The normalized spacial score (nSPS) is 14.5. The number of benzene rings is 3. The van der Waals surface area contributed by atoms with Crippen LogP contribution in [0.1, 0.15) is 27.6 Å². The first-order valence-electron chi connectivity index (χ1n) is 11.8. The highest BCUT2D eigenvalue weighted by molar-refractivity contribution is 7.11. The number of rotatable bonds is 6. The van der Waals surface area contributed by atoms with Crippen molar-refractivity contribution >= 4 is 41.3 Å². The van der Waals surface area contributed by atoms with Gasteiger partial charge < -0.3 is 4.90 Å². The van der Waals surface area contributed by atoms with Gasteiger partial charge in [0.05, 0.1) is 11.6 Å². The molecule has 0 unspecified atom stereocenters. The zero-order chi connectivity index (χ0) is 24.0. The largest absolute Gasteiger partial charge is 0.336 e. The smallest absolute Gasteiger partial charge is 0.255 e. The second kappa shape index (κ2) is 12.1. The number of piperazine rings is 1. The van der Waals surface area contributed by atoms with Gasteiger partial charge in [-0.15, -0.1) is 23.7 Å². The topological polar surface area (TPSA) is 23.6 Å². The predicted molar refractivity (Wildman–Crippen MR) is 149 cm³/mol. The lowest BCUT2D eigenvalue weighted by molar-refractivity contribution is -0.126. The van der Waals surface area contributed by atoms with Crippen molar-refractivity contribution in [3.05, 3.63) is 130 Å². The van der Waals surface area contributed by atoms with Crippen molar-refractivity contribution in [1.82, 2.24) is 9.80 Å². The lowest BCUT2D eigenvalue weighted by atomic mass is 9.96. The van der Waals surface area contributed by atoms with Gasteiger partial charge in [-0.25, -0.2) is 4.39 Å². The Morgan fingerprint density at radius 1 is 0.778 bits per heavy atom. The van der Waals surface area contributed by atoms with Gasteiger partial charge in [0.1, 0.15) is 5.82 Å². The monoisotopic (exact) mass is 518 g/mol. The average molecular weight is 519 g/mol. The maximum atomic E-state index is 13.7. The molecule has 1 amide bonds. The molecule has 0 saturated carbocycles. The Morgan fingerprint density at radius 2 is 1.36 bits per heavy atom. The van der Waals surface area contributed by atoms with E-state index >= 15 is 0 Å². The fourth-order valence-electron chi connectivity index (χ4n) is 4.63. The minimum atomic E-state index is -0.284. The van der Waals surface area contributed by atoms with Crippen LogP contribution in [0.15, 0.2) is 102 Å². The zero-order valence-corrected chi connectivity index (χ0v) is 21.4. The molecule has 4 aromatic rings. The third-order valence-electron chi connectivity index (χ3n) is 6.40. The molecule has 0 aliphatic carbocycles. The molecule has 36 heavy (non-hydrogen) atoms. The fraction of sp³-hybridized carbons (Fsp3) is 0.167. The van der Waals surface area contributed by atoms with Crippen molar-refractivity contribution in [1.29, 1.82) is 0 Å². The summed E-state index contributed by atoms with van der Waals surface area (Å²) < 4.78 is 13.4. The van der Waals surface area contributed by atoms with E-state index in [4.69, 9.17) is 0 Å². The van der Waals surface area contributed by atoms with E-state index in [9.17, 15) is 9.18 Å². The first-order chi connectivity index (χ1) is 17.2. The molecule has 1 saturated heterocycles. The molecular formula is C30H28ClFN2OS. The lowest BCUT2D eigenvalue weighted by Crippen LogP contribution is -2.50. The van der Waals surface area contributed by atoms with E-state index < -0.39 is 0 Å². The third kappa shape index (κ3) is 5.93. The minimum Gasteiger partial charge on any atom is -0.336 e. The van der Waals surface area contributed by atoms with Crippen molar-refractivity contribution in [3.63, 3.8) is 0 Å². The highest BCUT2D eigenvalue weighted by Crippen LogP contribution is 2.31. The maximum absolute atomic E-state index is 13.7. The van der Waals surface area contributed by atoms with Gasteiger partial charge in [-0.05, 0) is 46.3 Å². The number of carbonyl (C=O) groups excluding carboxylic acids is 1. The SMILES string of the molecule is Cl.O=C(C(=Cc1ccc(F)cc1)c1cccs1)N1CCN(C(c2ccccc2)c2ccccc2)CC1. The summed E-state index contributed by atoms with van der Waals surface area (Å²) in [6.07, 6.45) is 1.87. The van der Waals surface area contributed by atoms with Gasteiger partial charge in [0.15, 0.2) is 0 Å². The Hall–Kier alpha value is -3.25. The number of hydrogen-bond acceptors (Lipinski definition) is 3. The van der Waals surface area contributed by atoms with Gasteiger partial charge in [-0.2, -0.15) is 0 Å². The van der Waals surface area contributed by atoms with Crippen LogP contribution in [0.5, 0.6) is 0 Å². The Kier molecular flexibility index (Phi) is 8.70. The molecule has 1 aliphatic rings. The van der Waals surface area contributed by atoms with E-state index in [1.165, 1.54) is 23.3 Å². The highest BCUT2D eigenvalue weighted by Gasteiger charge is 2.29. The molecule has 0 N–H and O–H groups in total. The second-order valence-corrected chi connectivity index (χ2v) is 9.59. The summed E-state index contributed by atoms with van der Waals surface area (Å²) in [5, 5.41) is 1.98. The lowest BCUT2D eigenvalue weighted by Gasteiger charge is -2.40. The predicted octanol–water partition coefficient (Wildman–Crippen LogP) is 6.78. The maximum Gasteiger partial charge on any atom is 0.255 e. The molecule has 0 bridgehead atoms. The quantitative estimate of drug-likeness (QED) is 0.262. The Morgan fingerprint density at radius 3 is 1.89 bits per heavy atom. The Bertz CT molecular complexity index is 1230. The fourth-order valence-corrected chi connectivity index (χ4v) is 5.37. The number of amides is 1. The highest BCUT2D eigenvalue weighted by atomic mass is 35.5. The standard InChI is InChI=1S/C30H27FN2OS.ClH/c31-26-15-13-23(14-16-26)22-27(28-12-7-21-35-28)30(34)33-19-17-32(18-20-33)29(24-8-3-1-4-9-24)25-10-5-2-6-11-25;/h1-16,21-22,29H,17-20H2;1H. The summed E-state index contributed by atoms with van der Waals surface area (Å²) in [4.78, 5) is 19.0. The van der Waals surface area contributed by atoms with E-state index in [1.54, 1.807) is 23.5 Å². The molecule has 5 rings (SSSR count). The first-order valence-corrected chi connectivity index (χ1v) is 12.7. The van der Waals surface area contributed by atoms with Crippen LogP contribution in [0.2, 0.25) is 0 Å². The van der Waals surface area contributed by atoms with Crippen LogP contribution in [0.25, 0.3) is 11.6 Å². The summed E-state index contributed by atoms with van der Waals surface area (Å²) in [5.41, 5.74) is 3.99. The van der Waals surface area contributed by atoms with Crippen molar-refractivity contribution in [2.75, 3.05) is 26.2 Å². The van der Waals surface area contributed by atoms with Crippen LogP contribution >= 0.6 is 23.7 Å². The molecule has 0 atom stereocenters. The van der Waals surface area contributed by atoms with Gasteiger partial charge in [0, 0.05) is 31.1 Å². The van der Waals surface area contributed by atoms with E-state index in [2.05, 4.69) is 53.4 Å². The molecule has 1 aliphatic heterocycles. The van der Waals surface area contributed by atoms with Crippen molar-refractivity contribution in [2.24, 2.45) is 0 Å². The summed E-state index contributed by atoms with van der Waals surface area (Å²) >= 11 is 1.55. The molecular weight excluding hydrogens is 491 g/mol. The summed E-state index contributed by atoms with van der Waals surface area (Å²) in [6, 6.07) is 31.5. The summed E-state index contributed by atoms with van der Waals surface area (Å²) in [7, 11) is 0. The summed E-state index contributed by atoms with van der Waals surface area (Å²) in [5.74, 6) is -0.263. The van der Waals surface area contributed by atoms with E-state index in [0.717, 1.165) is 23.5 Å². The van der Waals surface area contributed by atoms with Gasteiger partial charge >= 0.3 is 0 Å². The van der Waals surface area contributed by atoms with Crippen LogP contribution in [-0.2, 0) is 4.79 Å². The number of hydrogen-bond donors (Lipinski definition) is 0. The van der Waals surface area contributed by atoms with Crippen LogP contribution in [-0.4, -0.2) is 41.9 Å². The average Bonchev–Trinajstić information content (AvgIpc) is 3.45. The van der Waals surface area contributed by atoms with Crippen LogP contribution in [0, 0.1) is 5.82 Å². The van der Waals surface area contributed by atoms with Crippen LogP contribution in [0.4, 0.5) is 4.39 Å². The number of carbonyl (C=O) groups is 1. The van der Waals surface area contributed by atoms with Crippen molar-refractivity contribution in [2.45, 2.75) is 6.04 Å². The van der Waals surface area contributed by atoms with E-state index in [0.29, 0.717) is 18.7 Å². The van der Waals surface area contributed by atoms with E-state index in [-0.39, 0.29) is 30.2 Å². The van der Waals surface area contributed by atoms with Gasteiger partial charge in [0.2, 0.25) is 0 Å². The van der Waals surface area contributed by atoms with Gasteiger partial charge in [0.25, 0.3) is 5.91 Å². The Labute approximate surface area is 221 Å². The van der Waals surface area contributed by atoms with Crippen molar-refractivity contribution < 1.29 is 9.18 Å². The van der Waals surface area contributed by atoms with Gasteiger partial charge in [-0.1, -0.05) is 78.9 Å². The molecule has 0 radical (unpaired) electrons. The molecule has 2 heterocycles. The summed E-state index contributed by atoms with van der Waals surface area (Å²) in [6.45, 7) is 2.88. The number of halogens is 2. The minimum absolute atomic E-state index is 0. The molecule has 184 valence electrons. The van der Waals surface area contributed by atoms with Crippen LogP contribution in [0.3, 0.4) is 0 Å². The molecule has 3 aromatic carbocycles. The van der Waals surface area contributed by atoms with Crippen molar-refractivity contribution in [3.8, 4) is 0 Å². The zero-order valence-electron chi connectivity index (χ0n) is 19.8. The van der Waals surface area contributed by atoms with Gasteiger partial charge in [-0.3, -0.25) is 9.69 Å². The van der Waals surface area contributed by atoms with Crippen LogP contribution < -0.4 is 0 Å². The number of thiophene rings is 1. The molecule has 1 fully saturated rings. The molecule has 3 nitrogen and oxygen atoms in total.